The van der Waals surface area contributed by atoms with Crippen LogP contribution in [0.1, 0.15) is 12.6 Å². The fourth-order valence-electron chi connectivity index (χ4n) is 1.79. The largest absolute Gasteiger partial charge is 0.271 e. The van der Waals surface area contributed by atoms with Gasteiger partial charge in [-0.2, -0.15) is 5.10 Å². The van der Waals surface area contributed by atoms with Gasteiger partial charge in [0, 0.05) is 17.6 Å². The summed E-state index contributed by atoms with van der Waals surface area (Å²) >= 11 is 9.34. The van der Waals surface area contributed by atoms with Crippen molar-refractivity contribution in [3.8, 4) is 11.3 Å². The van der Waals surface area contributed by atoms with Crippen molar-refractivity contribution >= 4 is 27.5 Å². The SMILES string of the molecule is CCc1c(Br)c(-c2cc(F)cc(Cl)c2)nn1C. The normalized spacial score (nSPS) is 10.9. The highest BCUT2D eigenvalue weighted by molar-refractivity contribution is 9.10. The van der Waals surface area contributed by atoms with Crippen LogP contribution in [-0.2, 0) is 13.5 Å². The van der Waals surface area contributed by atoms with E-state index in [4.69, 9.17) is 11.6 Å². The number of aromatic nitrogens is 2. The molecule has 0 fully saturated rings. The predicted octanol–water partition coefficient (Wildman–Crippen LogP) is 4.20. The van der Waals surface area contributed by atoms with Crippen molar-refractivity contribution in [3.63, 3.8) is 0 Å². The van der Waals surface area contributed by atoms with Gasteiger partial charge in [-0.05, 0) is 40.5 Å². The summed E-state index contributed by atoms with van der Waals surface area (Å²) in [4.78, 5) is 0. The van der Waals surface area contributed by atoms with Crippen molar-refractivity contribution < 1.29 is 4.39 Å². The van der Waals surface area contributed by atoms with E-state index in [0.29, 0.717) is 16.3 Å². The minimum Gasteiger partial charge on any atom is -0.271 e. The standard InChI is InChI=1S/C12H11BrClFN2/c1-3-10-11(13)12(16-17(10)2)7-4-8(14)6-9(15)5-7/h4-6H,3H2,1-2H3. The van der Waals surface area contributed by atoms with E-state index in [1.165, 1.54) is 12.1 Å². The van der Waals surface area contributed by atoms with E-state index in [1.54, 1.807) is 10.7 Å². The van der Waals surface area contributed by atoms with Crippen molar-refractivity contribution in [2.75, 3.05) is 0 Å². The number of nitrogens with zero attached hydrogens (tertiary/aromatic N) is 2. The second kappa shape index (κ2) is 4.78. The van der Waals surface area contributed by atoms with Crippen LogP contribution in [0.3, 0.4) is 0 Å². The van der Waals surface area contributed by atoms with Gasteiger partial charge in [0.05, 0.1) is 10.2 Å². The van der Waals surface area contributed by atoms with Gasteiger partial charge in [-0.25, -0.2) is 4.39 Å². The molecule has 2 aromatic rings. The van der Waals surface area contributed by atoms with Crippen molar-refractivity contribution in [2.24, 2.45) is 7.05 Å². The Hall–Kier alpha value is -0.870. The fourth-order valence-corrected chi connectivity index (χ4v) is 2.86. The minimum atomic E-state index is -0.358. The summed E-state index contributed by atoms with van der Waals surface area (Å²) in [6.07, 6.45) is 0.854. The van der Waals surface area contributed by atoms with E-state index in [2.05, 4.69) is 21.0 Å². The molecule has 0 saturated heterocycles. The van der Waals surface area contributed by atoms with Crippen LogP contribution in [0.5, 0.6) is 0 Å². The Balaban J connectivity index is 2.60. The third-order valence-corrected chi connectivity index (χ3v) is 3.62. The van der Waals surface area contributed by atoms with Crippen LogP contribution in [0.25, 0.3) is 11.3 Å². The molecule has 1 aromatic carbocycles. The third kappa shape index (κ3) is 2.38. The van der Waals surface area contributed by atoms with E-state index in [0.717, 1.165) is 16.6 Å². The number of benzene rings is 1. The van der Waals surface area contributed by atoms with Gasteiger partial charge < -0.3 is 0 Å². The van der Waals surface area contributed by atoms with Gasteiger partial charge in [0.25, 0.3) is 0 Å². The zero-order valence-corrected chi connectivity index (χ0v) is 11.8. The molecular formula is C12H11BrClFN2. The smallest absolute Gasteiger partial charge is 0.125 e. The summed E-state index contributed by atoms with van der Waals surface area (Å²) in [7, 11) is 1.87. The summed E-state index contributed by atoms with van der Waals surface area (Å²) < 4.78 is 16.0. The maximum Gasteiger partial charge on any atom is 0.125 e. The van der Waals surface area contributed by atoms with Gasteiger partial charge in [0.1, 0.15) is 11.5 Å². The zero-order chi connectivity index (χ0) is 12.6. The van der Waals surface area contributed by atoms with Gasteiger partial charge in [-0.1, -0.05) is 18.5 Å². The number of aryl methyl sites for hydroxylation is 1. The summed E-state index contributed by atoms with van der Waals surface area (Å²) in [5.41, 5.74) is 2.46. The van der Waals surface area contributed by atoms with E-state index < -0.39 is 0 Å². The van der Waals surface area contributed by atoms with Gasteiger partial charge in [-0.15, -0.1) is 0 Å². The minimum absolute atomic E-state index is 0.358. The van der Waals surface area contributed by atoms with Gasteiger partial charge in [0.15, 0.2) is 0 Å². The molecule has 90 valence electrons. The first-order valence-electron chi connectivity index (χ1n) is 5.20. The Kier molecular flexibility index (Phi) is 3.54. The first kappa shape index (κ1) is 12.6. The average Bonchev–Trinajstić information content (AvgIpc) is 2.52. The Morgan fingerprint density at radius 1 is 1.41 bits per heavy atom. The second-order valence-corrected chi connectivity index (χ2v) is 4.97. The lowest BCUT2D eigenvalue weighted by Crippen LogP contribution is -1.96. The topological polar surface area (TPSA) is 17.8 Å². The van der Waals surface area contributed by atoms with Crippen LogP contribution in [-0.4, -0.2) is 9.78 Å². The Bertz CT molecular complexity index is 546. The van der Waals surface area contributed by atoms with Gasteiger partial charge >= 0.3 is 0 Å². The third-order valence-electron chi connectivity index (χ3n) is 2.57. The maximum absolute atomic E-state index is 13.3. The molecule has 17 heavy (non-hydrogen) atoms. The molecule has 0 spiro atoms. The lowest BCUT2D eigenvalue weighted by molar-refractivity contribution is 0.628. The van der Waals surface area contributed by atoms with E-state index >= 15 is 0 Å². The van der Waals surface area contributed by atoms with Crippen LogP contribution < -0.4 is 0 Å². The quantitative estimate of drug-likeness (QED) is 0.811. The molecule has 0 aliphatic rings. The highest BCUT2D eigenvalue weighted by Gasteiger charge is 2.15. The van der Waals surface area contributed by atoms with Crippen LogP contribution in [0.2, 0.25) is 5.02 Å². The van der Waals surface area contributed by atoms with Crippen LogP contribution in [0, 0.1) is 5.82 Å². The molecule has 0 bridgehead atoms. The summed E-state index contributed by atoms with van der Waals surface area (Å²) in [6.45, 7) is 2.05. The summed E-state index contributed by atoms with van der Waals surface area (Å²) in [5, 5.41) is 4.75. The second-order valence-electron chi connectivity index (χ2n) is 3.74. The van der Waals surface area contributed by atoms with Crippen molar-refractivity contribution in [1.29, 1.82) is 0 Å². The van der Waals surface area contributed by atoms with Gasteiger partial charge in [-0.3, -0.25) is 4.68 Å². The van der Waals surface area contributed by atoms with Crippen LogP contribution >= 0.6 is 27.5 Å². The van der Waals surface area contributed by atoms with E-state index in [9.17, 15) is 4.39 Å². The predicted molar refractivity (Wildman–Crippen MR) is 70.7 cm³/mol. The number of halogens is 3. The number of hydrogen-bond donors (Lipinski definition) is 0. The molecular weight excluding hydrogens is 307 g/mol. The molecule has 5 heteroatoms. The highest BCUT2D eigenvalue weighted by Crippen LogP contribution is 2.32. The molecule has 2 nitrogen and oxygen atoms in total. The van der Waals surface area contributed by atoms with Crippen LogP contribution in [0.15, 0.2) is 22.7 Å². The molecule has 1 heterocycles. The lowest BCUT2D eigenvalue weighted by Gasteiger charge is -2.00. The van der Waals surface area contributed by atoms with E-state index in [-0.39, 0.29) is 5.82 Å². The fraction of sp³-hybridized carbons (Fsp3) is 0.250. The zero-order valence-electron chi connectivity index (χ0n) is 9.47. The molecule has 0 saturated carbocycles. The summed E-state index contributed by atoms with van der Waals surface area (Å²) in [6, 6.07) is 4.41. The molecule has 2 rings (SSSR count). The Labute approximate surface area is 113 Å². The van der Waals surface area contributed by atoms with Crippen molar-refractivity contribution in [1.82, 2.24) is 9.78 Å². The number of hydrogen-bond acceptors (Lipinski definition) is 1. The number of rotatable bonds is 2. The lowest BCUT2D eigenvalue weighted by atomic mass is 10.1. The monoisotopic (exact) mass is 316 g/mol. The average molecular weight is 318 g/mol. The molecule has 0 unspecified atom stereocenters. The summed E-state index contributed by atoms with van der Waals surface area (Å²) in [5.74, 6) is -0.358. The molecule has 0 radical (unpaired) electrons. The first-order chi connectivity index (χ1) is 8.02. The maximum atomic E-state index is 13.3. The first-order valence-corrected chi connectivity index (χ1v) is 6.38. The Morgan fingerprint density at radius 2 is 2.12 bits per heavy atom. The van der Waals surface area contributed by atoms with Crippen LogP contribution in [0.4, 0.5) is 4.39 Å². The van der Waals surface area contributed by atoms with Crippen molar-refractivity contribution in [2.45, 2.75) is 13.3 Å². The molecule has 1 aromatic heterocycles. The molecule has 0 aliphatic heterocycles. The van der Waals surface area contributed by atoms with Gasteiger partial charge in [0.2, 0.25) is 0 Å². The molecule has 0 N–H and O–H groups in total. The Morgan fingerprint density at radius 3 is 2.65 bits per heavy atom. The molecule has 0 amide bonds. The molecule has 0 atom stereocenters. The van der Waals surface area contributed by atoms with Crippen molar-refractivity contribution in [3.05, 3.63) is 39.2 Å². The highest BCUT2D eigenvalue weighted by atomic mass is 79.9. The van der Waals surface area contributed by atoms with E-state index in [1.807, 2.05) is 14.0 Å². The molecule has 0 aliphatic carbocycles.